The van der Waals surface area contributed by atoms with Crippen LogP contribution in [0.4, 0.5) is 0 Å². The Balaban J connectivity index is 2.69. The van der Waals surface area contributed by atoms with Gasteiger partial charge in [-0.1, -0.05) is 19.1 Å². The molecule has 0 saturated carbocycles. The van der Waals surface area contributed by atoms with Crippen molar-refractivity contribution < 1.29 is 5.11 Å². The maximum atomic E-state index is 9.62. The first-order valence-electron chi connectivity index (χ1n) is 3.59. The van der Waals surface area contributed by atoms with Crippen LogP contribution in [0.1, 0.15) is 17.9 Å². The molecule has 0 radical (unpaired) electrons. The largest absolute Gasteiger partial charge is 0.387 e. The van der Waals surface area contributed by atoms with Gasteiger partial charge < -0.3 is 5.11 Å². The van der Waals surface area contributed by atoms with Gasteiger partial charge in [0.15, 0.2) is 0 Å². The monoisotopic (exact) mass is 168 g/mol. The Labute approximate surface area is 71.0 Å². The van der Waals surface area contributed by atoms with Crippen LogP contribution in [0, 0.1) is 5.92 Å². The smallest absolute Gasteiger partial charge is 0.0941 e. The van der Waals surface area contributed by atoms with Gasteiger partial charge in [0.2, 0.25) is 0 Å². The second kappa shape index (κ2) is 3.69. The summed E-state index contributed by atoms with van der Waals surface area (Å²) in [5, 5.41) is 11.6. The molecule has 1 nitrogen and oxygen atoms in total. The van der Waals surface area contributed by atoms with E-state index < -0.39 is 0 Å². The maximum Gasteiger partial charge on any atom is 0.0941 e. The van der Waals surface area contributed by atoms with E-state index in [4.69, 9.17) is 0 Å². The fraction of sp³-hybridized carbons (Fsp3) is 0.333. The molecule has 0 bridgehead atoms. The van der Waals surface area contributed by atoms with Crippen molar-refractivity contribution in [2.24, 2.45) is 5.92 Å². The average Bonchev–Trinajstić information content (AvgIpc) is 2.53. The number of hydrogen-bond donors (Lipinski definition) is 1. The van der Waals surface area contributed by atoms with Crippen molar-refractivity contribution in [3.63, 3.8) is 0 Å². The van der Waals surface area contributed by atoms with Crippen molar-refractivity contribution in [1.82, 2.24) is 0 Å². The molecule has 0 aliphatic rings. The molecule has 1 N–H and O–H groups in total. The van der Waals surface area contributed by atoms with E-state index in [9.17, 15) is 5.11 Å². The zero-order valence-corrected chi connectivity index (χ0v) is 7.34. The molecule has 1 aromatic rings. The molecule has 0 fully saturated rings. The van der Waals surface area contributed by atoms with Gasteiger partial charge in [-0.05, 0) is 11.4 Å². The van der Waals surface area contributed by atoms with Crippen LogP contribution in [-0.4, -0.2) is 5.11 Å². The predicted molar refractivity (Wildman–Crippen MR) is 48.6 cm³/mol. The van der Waals surface area contributed by atoms with Gasteiger partial charge in [-0.2, -0.15) is 0 Å². The van der Waals surface area contributed by atoms with Gasteiger partial charge in [-0.3, -0.25) is 0 Å². The molecule has 2 unspecified atom stereocenters. The van der Waals surface area contributed by atoms with E-state index in [0.29, 0.717) is 0 Å². The molecule has 2 atom stereocenters. The summed E-state index contributed by atoms with van der Waals surface area (Å²) in [4.78, 5) is 1.01. The Bertz CT molecular complexity index is 215. The normalized spacial score (nSPS) is 15.8. The lowest BCUT2D eigenvalue weighted by molar-refractivity contribution is 0.143. The molecule has 1 aromatic heterocycles. The van der Waals surface area contributed by atoms with Gasteiger partial charge in [0.1, 0.15) is 0 Å². The zero-order valence-electron chi connectivity index (χ0n) is 6.53. The van der Waals surface area contributed by atoms with Crippen molar-refractivity contribution in [1.29, 1.82) is 0 Å². The minimum atomic E-state index is -0.382. The Morgan fingerprint density at radius 2 is 2.45 bits per heavy atom. The SMILES string of the molecule is C=CC(C)C(O)c1cccs1. The van der Waals surface area contributed by atoms with Gasteiger partial charge in [0.25, 0.3) is 0 Å². The molecule has 0 aliphatic carbocycles. The van der Waals surface area contributed by atoms with Crippen molar-refractivity contribution in [3.8, 4) is 0 Å². The number of aliphatic hydroxyl groups is 1. The predicted octanol–water partition coefficient (Wildman–Crippen LogP) is 2.60. The molecule has 60 valence electrons. The summed E-state index contributed by atoms with van der Waals surface area (Å²) in [5.41, 5.74) is 0. The fourth-order valence-electron chi connectivity index (χ4n) is 0.848. The minimum Gasteiger partial charge on any atom is -0.387 e. The lowest BCUT2D eigenvalue weighted by atomic mass is 10.0. The summed E-state index contributed by atoms with van der Waals surface area (Å²) in [5.74, 6) is 0.133. The lowest BCUT2D eigenvalue weighted by Gasteiger charge is -2.12. The first kappa shape index (κ1) is 8.50. The molecule has 0 aliphatic heterocycles. The number of aliphatic hydroxyl groups excluding tert-OH is 1. The summed E-state index contributed by atoms with van der Waals surface area (Å²) in [7, 11) is 0. The highest BCUT2D eigenvalue weighted by molar-refractivity contribution is 7.10. The van der Waals surface area contributed by atoms with Gasteiger partial charge in [0, 0.05) is 10.8 Å². The van der Waals surface area contributed by atoms with Crippen molar-refractivity contribution in [3.05, 3.63) is 35.0 Å². The van der Waals surface area contributed by atoms with Gasteiger partial charge in [-0.15, -0.1) is 17.9 Å². The molecule has 11 heavy (non-hydrogen) atoms. The van der Waals surface area contributed by atoms with Crippen LogP contribution >= 0.6 is 11.3 Å². The lowest BCUT2D eigenvalue weighted by Crippen LogP contribution is -2.03. The molecule has 0 spiro atoms. The summed E-state index contributed by atoms with van der Waals surface area (Å²) in [6.45, 7) is 5.59. The van der Waals surface area contributed by atoms with Gasteiger partial charge in [-0.25, -0.2) is 0 Å². The Morgan fingerprint density at radius 1 is 1.73 bits per heavy atom. The van der Waals surface area contributed by atoms with Crippen LogP contribution < -0.4 is 0 Å². The molecule has 1 rings (SSSR count). The van der Waals surface area contributed by atoms with Crippen LogP contribution in [0.2, 0.25) is 0 Å². The van der Waals surface area contributed by atoms with Crippen molar-refractivity contribution in [2.75, 3.05) is 0 Å². The number of hydrogen-bond acceptors (Lipinski definition) is 2. The minimum absolute atomic E-state index is 0.133. The Hall–Kier alpha value is -0.600. The third kappa shape index (κ3) is 1.91. The highest BCUT2D eigenvalue weighted by atomic mass is 32.1. The highest BCUT2D eigenvalue weighted by Crippen LogP contribution is 2.25. The van der Waals surface area contributed by atoms with E-state index in [2.05, 4.69) is 6.58 Å². The van der Waals surface area contributed by atoms with E-state index in [-0.39, 0.29) is 12.0 Å². The van der Waals surface area contributed by atoms with Gasteiger partial charge >= 0.3 is 0 Å². The van der Waals surface area contributed by atoms with Gasteiger partial charge in [0.05, 0.1) is 6.10 Å². The molecule has 2 heteroatoms. The van der Waals surface area contributed by atoms with Crippen LogP contribution in [0.3, 0.4) is 0 Å². The quantitative estimate of drug-likeness (QED) is 0.688. The summed E-state index contributed by atoms with van der Waals surface area (Å²) < 4.78 is 0. The van der Waals surface area contributed by atoms with Crippen molar-refractivity contribution in [2.45, 2.75) is 13.0 Å². The average molecular weight is 168 g/mol. The van der Waals surface area contributed by atoms with E-state index in [1.165, 1.54) is 0 Å². The summed E-state index contributed by atoms with van der Waals surface area (Å²) in [6, 6.07) is 3.88. The fourth-order valence-corrected chi connectivity index (χ4v) is 1.67. The number of rotatable bonds is 3. The zero-order chi connectivity index (χ0) is 8.27. The molecular weight excluding hydrogens is 156 g/mol. The van der Waals surface area contributed by atoms with Crippen LogP contribution in [-0.2, 0) is 0 Å². The van der Waals surface area contributed by atoms with Crippen LogP contribution in [0.5, 0.6) is 0 Å². The van der Waals surface area contributed by atoms with Crippen LogP contribution in [0.15, 0.2) is 30.2 Å². The van der Waals surface area contributed by atoms with E-state index in [0.717, 1.165) is 4.88 Å². The topological polar surface area (TPSA) is 20.2 Å². The molecule has 0 saturated heterocycles. The standard InChI is InChI=1S/C9H12OS/c1-3-7(2)9(10)8-5-4-6-11-8/h3-7,9-10H,1H2,2H3. The molecule has 1 heterocycles. The van der Waals surface area contributed by atoms with E-state index >= 15 is 0 Å². The molecule has 0 aromatic carbocycles. The first-order chi connectivity index (χ1) is 5.25. The van der Waals surface area contributed by atoms with Crippen molar-refractivity contribution >= 4 is 11.3 Å². The Morgan fingerprint density at radius 3 is 2.91 bits per heavy atom. The number of thiophene rings is 1. The summed E-state index contributed by atoms with van der Waals surface area (Å²) in [6.07, 6.45) is 1.39. The second-order valence-corrected chi connectivity index (χ2v) is 3.53. The maximum absolute atomic E-state index is 9.62. The van der Waals surface area contributed by atoms with E-state index in [1.807, 2.05) is 24.4 Å². The third-order valence-corrected chi connectivity index (χ3v) is 2.65. The van der Waals surface area contributed by atoms with Crippen LogP contribution in [0.25, 0.3) is 0 Å². The Kier molecular flexibility index (Phi) is 2.85. The molecule has 0 amide bonds. The molecular formula is C9H12OS. The summed E-state index contributed by atoms with van der Waals surface area (Å²) >= 11 is 1.58. The highest BCUT2D eigenvalue weighted by Gasteiger charge is 2.13. The second-order valence-electron chi connectivity index (χ2n) is 2.56. The van der Waals surface area contributed by atoms with E-state index in [1.54, 1.807) is 17.4 Å². The third-order valence-electron chi connectivity index (χ3n) is 1.70. The first-order valence-corrected chi connectivity index (χ1v) is 4.47.